The summed E-state index contributed by atoms with van der Waals surface area (Å²) in [5.74, 6) is 0.175. The highest BCUT2D eigenvalue weighted by molar-refractivity contribution is 7.11. The summed E-state index contributed by atoms with van der Waals surface area (Å²) < 4.78 is 5.65. The molecule has 5 nitrogen and oxygen atoms in total. The van der Waals surface area contributed by atoms with Crippen LogP contribution in [0.3, 0.4) is 0 Å². The standard InChI is InChI=1S/C20H22N2O3S/c1-4-10-25-15-8-5-7-14(12-15)21-18-17(16-9-6-11-26-16)19(23)22(13(2)3)20(18)24/h5-9,11-13,21H,4,10H2,1-3H3. The van der Waals surface area contributed by atoms with Crippen molar-refractivity contribution < 1.29 is 14.3 Å². The van der Waals surface area contributed by atoms with Gasteiger partial charge in [-0.1, -0.05) is 19.1 Å². The van der Waals surface area contributed by atoms with Crippen LogP contribution < -0.4 is 10.1 Å². The molecule has 2 heterocycles. The van der Waals surface area contributed by atoms with Crippen molar-refractivity contribution in [2.24, 2.45) is 0 Å². The van der Waals surface area contributed by atoms with Crippen LogP contribution in [-0.4, -0.2) is 29.4 Å². The number of ether oxygens (including phenoxy) is 1. The summed E-state index contributed by atoms with van der Waals surface area (Å²) >= 11 is 1.45. The molecule has 136 valence electrons. The van der Waals surface area contributed by atoms with Crippen molar-refractivity contribution in [3.8, 4) is 5.75 Å². The Labute approximate surface area is 157 Å². The van der Waals surface area contributed by atoms with Gasteiger partial charge in [0.2, 0.25) is 0 Å². The van der Waals surface area contributed by atoms with Gasteiger partial charge in [0.15, 0.2) is 0 Å². The number of thiophene rings is 1. The van der Waals surface area contributed by atoms with E-state index in [-0.39, 0.29) is 17.9 Å². The van der Waals surface area contributed by atoms with E-state index in [1.807, 2.05) is 62.5 Å². The van der Waals surface area contributed by atoms with E-state index in [0.717, 1.165) is 22.7 Å². The number of anilines is 1. The number of hydrogen-bond donors (Lipinski definition) is 1. The fourth-order valence-corrected chi connectivity index (χ4v) is 3.58. The van der Waals surface area contributed by atoms with Gasteiger partial charge < -0.3 is 10.1 Å². The van der Waals surface area contributed by atoms with Crippen LogP contribution in [0.1, 0.15) is 32.1 Å². The summed E-state index contributed by atoms with van der Waals surface area (Å²) in [6.45, 7) is 6.35. The van der Waals surface area contributed by atoms with Crippen LogP contribution in [0, 0.1) is 0 Å². The zero-order valence-electron chi connectivity index (χ0n) is 15.1. The van der Waals surface area contributed by atoms with Crippen LogP contribution in [0.15, 0.2) is 47.5 Å². The number of nitrogens with zero attached hydrogens (tertiary/aromatic N) is 1. The highest BCUT2D eigenvalue weighted by Crippen LogP contribution is 2.34. The van der Waals surface area contributed by atoms with E-state index >= 15 is 0 Å². The molecule has 0 saturated carbocycles. The molecule has 0 spiro atoms. The summed E-state index contributed by atoms with van der Waals surface area (Å²) in [6, 6.07) is 11.0. The van der Waals surface area contributed by atoms with Crippen LogP contribution in [0.25, 0.3) is 5.57 Å². The maximum atomic E-state index is 12.9. The average molecular weight is 370 g/mol. The van der Waals surface area contributed by atoms with Gasteiger partial charge in [0.1, 0.15) is 11.4 Å². The molecule has 0 radical (unpaired) electrons. The molecule has 0 fully saturated rings. The fraction of sp³-hybridized carbons (Fsp3) is 0.300. The molecular formula is C20H22N2O3S. The molecule has 26 heavy (non-hydrogen) atoms. The van der Waals surface area contributed by atoms with Crippen molar-refractivity contribution in [1.29, 1.82) is 0 Å². The third-order valence-corrected chi connectivity index (χ3v) is 4.86. The van der Waals surface area contributed by atoms with E-state index in [2.05, 4.69) is 5.32 Å². The Kier molecular flexibility index (Phi) is 5.42. The Balaban J connectivity index is 1.97. The molecule has 1 N–H and O–H groups in total. The van der Waals surface area contributed by atoms with Crippen molar-refractivity contribution in [1.82, 2.24) is 4.90 Å². The second kappa shape index (κ2) is 7.74. The number of carbonyl (C=O) groups excluding carboxylic acids is 2. The summed E-state index contributed by atoms with van der Waals surface area (Å²) in [5, 5.41) is 5.05. The lowest BCUT2D eigenvalue weighted by Gasteiger charge is -2.19. The van der Waals surface area contributed by atoms with Crippen LogP contribution in [-0.2, 0) is 9.59 Å². The smallest absolute Gasteiger partial charge is 0.278 e. The van der Waals surface area contributed by atoms with Crippen molar-refractivity contribution in [3.63, 3.8) is 0 Å². The maximum Gasteiger partial charge on any atom is 0.278 e. The van der Waals surface area contributed by atoms with Crippen LogP contribution in [0.2, 0.25) is 0 Å². The first kappa shape index (κ1) is 18.2. The lowest BCUT2D eigenvalue weighted by molar-refractivity contribution is -0.138. The van der Waals surface area contributed by atoms with E-state index in [1.165, 1.54) is 16.2 Å². The van der Waals surface area contributed by atoms with E-state index in [0.29, 0.717) is 17.9 Å². The third kappa shape index (κ3) is 3.51. The molecule has 0 aliphatic carbocycles. The zero-order chi connectivity index (χ0) is 18.7. The molecule has 1 aliphatic heterocycles. The molecule has 0 saturated heterocycles. The first-order valence-corrected chi connectivity index (χ1v) is 9.56. The lowest BCUT2D eigenvalue weighted by Crippen LogP contribution is -2.38. The molecule has 6 heteroatoms. The third-order valence-electron chi connectivity index (χ3n) is 3.98. The maximum absolute atomic E-state index is 12.9. The number of nitrogens with one attached hydrogen (secondary N) is 1. The second-order valence-electron chi connectivity index (χ2n) is 6.30. The van der Waals surface area contributed by atoms with Crippen molar-refractivity contribution >= 4 is 34.4 Å². The molecule has 0 unspecified atom stereocenters. The van der Waals surface area contributed by atoms with E-state index in [4.69, 9.17) is 4.74 Å². The predicted octanol–water partition coefficient (Wildman–Crippen LogP) is 4.14. The molecule has 0 atom stereocenters. The first-order valence-electron chi connectivity index (χ1n) is 8.68. The number of imide groups is 1. The number of amides is 2. The average Bonchev–Trinajstić information content (AvgIpc) is 3.20. The zero-order valence-corrected chi connectivity index (χ0v) is 15.9. The Hall–Kier alpha value is -2.60. The topological polar surface area (TPSA) is 58.6 Å². The fourth-order valence-electron chi connectivity index (χ4n) is 2.81. The van der Waals surface area contributed by atoms with E-state index in [1.54, 1.807) is 0 Å². The number of carbonyl (C=O) groups is 2. The van der Waals surface area contributed by atoms with E-state index < -0.39 is 0 Å². The Morgan fingerprint density at radius 1 is 1.15 bits per heavy atom. The van der Waals surface area contributed by atoms with Crippen LogP contribution in [0.4, 0.5) is 5.69 Å². The van der Waals surface area contributed by atoms with Crippen LogP contribution in [0.5, 0.6) is 5.75 Å². The van der Waals surface area contributed by atoms with Gasteiger partial charge in [-0.2, -0.15) is 0 Å². The summed E-state index contributed by atoms with van der Waals surface area (Å²) in [7, 11) is 0. The lowest BCUT2D eigenvalue weighted by atomic mass is 10.2. The first-order chi connectivity index (χ1) is 12.5. The minimum atomic E-state index is -0.298. The Bertz CT molecular complexity index is 841. The quantitative estimate of drug-likeness (QED) is 0.744. The minimum Gasteiger partial charge on any atom is -0.494 e. The predicted molar refractivity (Wildman–Crippen MR) is 104 cm³/mol. The minimum absolute atomic E-state index is 0.205. The van der Waals surface area contributed by atoms with Gasteiger partial charge >= 0.3 is 0 Å². The van der Waals surface area contributed by atoms with Gasteiger partial charge in [-0.3, -0.25) is 14.5 Å². The Morgan fingerprint density at radius 2 is 1.96 bits per heavy atom. The van der Waals surface area contributed by atoms with Gasteiger partial charge in [-0.25, -0.2) is 0 Å². The Morgan fingerprint density at radius 3 is 2.62 bits per heavy atom. The number of benzene rings is 1. The second-order valence-corrected chi connectivity index (χ2v) is 7.25. The molecule has 1 aromatic carbocycles. The summed E-state index contributed by atoms with van der Waals surface area (Å²) in [5.41, 5.74) is 1.46. The van der Waals surface area contributed by atoms with E-state index in [9.17, 15) is 9.59 Å². The number of hydrogen-bond acceptors (Lipinski definition) is 5. The highest BCUT2D eigenvalue weighted by atomic mass is 32.1. The molecule has 2 amide bonds. The van der Waals surface area contributed by atoms with Gasteiger partial charge in [-0.05, 0) is 43.8 Å². The van der Waals surface area contributed by atoms with Crippen molar-refractivity contribution in [3.05, 3.63) is 52.4 Å². The molecule has 1 aliphatic rings. The van der Waals surface area contributed by atoms with Crippen LogP contribution >= 0.6 is 11.3 Å². The molecule has 2 aromatic rings. The van der Waals surface area contributed by atoms with Gasteiger partial charge in [-0.15, -0.1) is 11.3 Å². The van der Waals surface area contributed by atoms with Crippen molar-refractivity contribution in [2.45, 2.75) is 33.2 Å². The van der Waals surface area contributed by atoms with Gasteiger partial charge in [0, 0.05) is 22.7 Å². The summed E-state index contributed by atoms with van der Waals surface area (Å²) in [4.78, 5) is 27.8. The van der Waals surface area contributed by atoms with Crippen molar-refractivity contribution in [2.75, 3.05) is 11.9 Å². The van der Waals surface area contributed by atoms with Gasteiger partial charge in [0.25, 0.3) is 11.8 Å². The largest absolute Gasteiger partial charge is 0.494 e. The SMILES string of the molecule is CCCOc1cccc(NC2=C(c3cccs3)C(=O)N(C(C)C)C2=O)c1. The monoisotopic (exact) mass is 370 g/mol. The molecule has 1 aromatic heterocycles. The van der Waals surface area contributed by atoms with Gasteiger partial charge in [0.05, 0.1) is 12.2 Å². The highest BCUT2D eigenvalue weighted by Gasteiger charge is 2.40. The normalized spacial score (nSPS) is 14.5. The molecule has 0 bridgehead atoms. The summed E-state index contributed by atoms with van der Waals surface area (Å²) in [6.07, 6.45) is 0.918. The number of rotatable bonds is 7. The molecule has 3 rings (SSSR count). The molecular weight excluding hydrogens is 348 g/mol.